The standard InChI is InChI=1S/C6H15O4Si.2C2H5O.Al/c1-4-8-11(7,9-5-2)10-6-3;2*1-2-3;/h4-6H2,1-3H3;2*2H2,1H3;/q3*-1;+3. The van der Waals surface area contributed by atoms with Crippen molar-refractivity contribution in [2.45, 2.75) is 34.6 Å². The summed E-state index contributed by atoms with van der Waals surface area (Å²) < 4.78 is 33.5. The predicted octanol–water partition coefficient (Wildman–Crippen LogP) is 1.61. The molecule has 0 aliphatic rings. The van der Waals surface area contributed by atoms with E-state index < -0.39 is 24.2 Å². The number of hydrogen-bond donors (Lipinski definition) is 0. The molecule has 0 bridgehead atoms. The van der Waals surface area contributed by atoms with Gasteiger partial charge in [0, 0.05) is 33.0 Å². The maximum Gasteiger partial charge on any atom is 0.899 e. The Balaban J connectivity index is 4.66. The zero-order valence-electron chi connectivity index (χ0n) is 12.1. The molecule has 0 unspecified atom stereocenters. The fourth-order valence-electron chi connectivity index (χ4n) is 1.26. The van der Waals surface area contributed by atoms with E-state index >= 15 is 0 Å². The largest absolute Gasteiger partial charge is 0.899 e. The molecule has 8 heteroatoms. The Hall–Kier alpha value is 0.509. The normalized spacial score (nSPS) is 11.8. The first-order valence-electron chi connectivity index (χ1n) is 6.50. The molecule has 0 fully saturated rings. The minimum Gasteiger partial charge on any atom is -0.455 e. The number of rotatable bonds is 12. The summed E-state index contributed by atoms with van der Waals surface area (Å²) >= 11 is -2.27. The minimum atomic E-state index is -3.12. The fourth-order valence-corrected chi connectivity index (χ4v) is 5.52. The molecule has 0 radical (unpaired) electrons. The fraction of sp³-hybridized carbons (Fsp3) is 1.00. The average molecular weight is 296 g/mol. The molecule has 108 valence electrons. The van der Waals surface area contributed by atoms with E-state index in [1.165, 1.54) is 0 Å². The Morgan fingerprint density at radius 3 is 1.33 bits per heavy atom. The monoisotopic (exact) mass is 296 g/mol. The van der Waals surface area contributed by atoms with E-state index in [0.717, 1.165) is 0 Å². The molecule has 0 heterocycles. The van der Waals surface area contributed by atoms with Gasteiger partial charge in [0.1, 0.15) is 0 Å². The summed E-state index contributed by atoms with van der Waals surface area (Å²) in [6, 6.07) is 0. The van der Waals surface area contributed by atoms with Crippen LogP contribution in [-0.2, 0) is 24.3 Å². The van der Waals surface area contributed by atoms with Crippen molar-refractivity contribution in [1.82, 2.24) is 0 Å². The van der Waals surface area contributed by atoms with Crippen molar-refractivity contribution in [2.24, 2.45) is 0 Å². The van der Waals surface area contributed by atoms with Crippen LogP contribution in [0.4, 0.5) is 0 Å². The highest BCUT2D eigenvalue weighted by Crippen LogP contribution is 2.14. The van der Waals surface area contributed by atoms with Crippen molar-refractivity contribution in [3.63, 3.8) is 0 Å². The van der Waals surface area contributed by atoms with Gasteiger partial charge < -0.3 is 24.3 Å². The van der Waals surface area contributed by atoms with Crippen LogP contribution in [0.1, 0.15) is 34.6 Å². The third-order valence-corrected chi connectivity index (χ3v) is 6.87. The third-order valence-electron chi connectivity index (χ3n) is 1.81. The molecular weight excluding hydrogens is 271 g/mol. The van der Waals surface area contributed by atoms with E-state index in [4.69, 9.17) is 24.3 Å². The molecule has 0 aromatic heterocycles. The van der Waals surface area contributed by atoms with E-state index in [9.17, 15) is 0 Å². The lowest BCUT2D eigenvalue weighted by Gasteiger charge is -2.29. The zero-order valence-corrected chi connectivity index (χ0v) is 14.2. The van der Waals surface area contributed by atoms with Crippen LogP contribution in [-0.4, -0.2) is 57.2 Å². The molecule has 0 atom stereocenters. The Morgan fingerprint density at radius 2 is 1.06 bits per heavy atom. The lowest BCUT2D eigenvalue weighted by Crippen LogP contribution is -2.54. The van der Waals surface area contributed by atoms with Gasteiger partial charge in [-0.3, -0.25) is 0 Å². The third kappa shape index (κ3) is 7.19. The molecule has 0 saturated carbocycles. The predicted molar refractivity (Wildman–Crippen MR) is 70.7 cm³/mol. The zero-order chi connectivity index (χ0) is 13.9. The first kappa shape index (κ1) is 18.5. The van der Waals surface area contributed by atoms with E-state index in [2.05, 4.69) is 0 Å². The molecule has 6 nitrogen and oxygen atoms in total. The van der Waals surface area contributed by atoms with Gasteiger partial charge in [-0.25, -0.2) is 0 Å². The average Bonchev–Trinajstić information content (AvgIpc) is 2.30. The Labute approximate surface area is 116 Å². The molecule has 0 saturated heterocycles. The second-order valence-electron chi connectivity index (χ2n) is 3.12. The van der Waals surface area contributed by atoms with Gasteiger partial charge in [-0.15, -0.1) is 0 Å². The molecule has 0 amide bonds. The summed E-state index contributed by atoms with van der Waals surface area (Å²) in [4.78, 5) is 0. The van der Waals surface area contributed by atoms with Crippen LogP contribution >= 0.6 is 0 Å². The topological polar surface area (TPSA) is 55.4 Å². The summed E-state index contributed by atoms with van der Waals surface area (Å²) in [5.74, 6) is 0. The molecule has 0 spiro atoms. The van der Waals surface area contributed by atoms with Crippen LogP contribution in [0, 0.1) is 0 Å². The van der Waals surface area contributed by atoms with Crippen LogP contribution in [0.15, 0.2) is 0 Å². The highest BCUT2D eigenvalue weighted by molar-refractivity contribution is 6.62. The van der Waals surface area contributed by atoms with Crippen molar-refractivity contribution < 1.29 is 24.3 Å². The van der Waals surface area contributed by atoms with E-state index in [1.807, 2.05) is 34.6 Å². The Morgan fingerprint density at radius 1 is 0.667 bits per heavy atom. The van der Waals surface area contributed by atoms with Gasteiger partial charge in [-0.2, -0.15) is 0 Å². The van der Waals surface area contributed by atoms with Crippen molar-refractivity contribution in [3.8, 4) is 0 Å². The molecular formula is C10H25AlO6Si. The lowest BCUT2D eigenvalue weighted by molar-refractivity contribution is -0.0124. The minimum absolute atomic E-state index is 0.464. The number of hydrogen-bond acceptors (Lipinski definition) is 6. The Kier molecular flexibility index (Phi) is 11.7. The van der Waals surface area contributed by atoms with Gasteiger partial charge in [0.05, 0.1) is 0 Å². The summed E-state index contributed by atoms with van der Waals surface area (Å²) in [5, 5.41) is 0. The lowest BCUT2D eigenvalue weighted by atomic mass is 10.9. The van der Waals surface area contributed by atoms with Gasteiger partial charge in [-0.1, -0.05) is 0 Å². The summed E-state index contributed by atoms with van der Waals surface area (Å²) in [7, 11) is -3.12. The summed E-state index contributed by atoms with van der Waals surface area (Å²) in [5.41, 5.74) is 0. The van der Waals surface area contributed by atoms with E-state index in [-0.39, 0.29) is 0 Å². The SMILES string of the molecule is CC[O][Al]([O]CC)[O][Si](OCC)(OCC)OCC. The quantitative estimate of drug-likeness (QED) is 0.510. The van der Waals surface area contributed by atoms with Gasteiger partial charge in [0.15, 0.2) is 0 Å². The van der Waals surface area contributed by atoms with E-state index in [1.54, 1.807) is 0 Å². The molecule has 0 aliphatic carbocycles. The Bertz CT molecular complexity index is 174. The van der Waals surface area contributed by atoms with Crippen LogP contribution in [0.3, 0.4) is 0 Å². The smallest absolute Gasteiger partial charge is 0.455 e. The highest BCUT2D eigenvalue weighted by atomic mass is 28.4. The molecule has 18 heavy (non-hydrogen) atoms. The van der Waals surface area contributed by atoms with Gasteiger partial charge in [0.2, 0.25) is 0 Å². The molecule has 0 aromatic carbocycles. The second kappa shape index (κ2) is 11.3. The summed E-state index contributed by atoms with van der Waals surface area (Å²) in [6.07, 6.45) is 0. The van der Waals surface area contributed by atoms with Gasteiger partial charge in [-0.05, 0) is 34.6 Å². The van der Waals surface area contributed by atoms with Crippen molar-refractivity contribution >= 4 is 24.2 Å². The van der Waals surface area contributed by atoms with Crippen LogP contribution in [0.5, 0.6) is 0 Å². The van der Waals surface area contributed by atoms with Crippen LogP contribution in [0.25, 0.3) is 0 Å². The highest BCUT2D eigenvalue weighted by Gasteiger charge is 2.51. The van der Waals surface area contributed by atoms with Gasteiger partial charge in [0.25, 0.3) is 0 Å². The maximum absolute atomic E-state index is 5.81. The van der Waals surface area contributed by atoms with Crippen molar-refractivity contribution in [1.29, 1.82) is 0 Å². The van der Waals surface area contributed by atoms with E-state index in [0.29, 0.717) is 33.0 Å². The first-order valence-corrected chi connectivity index (χ1v) is 9.55. The van der Waals surface area contributed by atoms with Crippen LogP contribution in [0.2, 0.25) is 0 Å². The van der Waals surface area contributed by atoms with Crippen molar-refractivity contribution in [2.75, 3.05) is 33.0 Å². The van der Waals surface area contributed by atoms with Gasteiger partial charge >= 0.3 is 24.2 Å². The first-order chi connectivity index (χ1) is 8.67. The molecule has 0 rings (SSSR count). The van der Waals surface area contributed by atoms with Crippen LogP contribution < -0.4 is 0 Å². The second-order valence-corrected chi connectivity index (χ2v) is 7.17. The van der Waals surface area contributed by atoms with Crippen molar-refractivity contribution in [3.05, 3.63) is 0 Å². The molecule has 0 aliphatic heterocycles. The maximum atomic E-state index is 5.81. The molecule has 0 aromatic rings. The summed E-state index contributed by atoms with van der Waals surface area (Å²) in [6.45, 7) is 11.9. The molecule has 0 N–H and O–H groups in total.